The first-order chi connectivity index (χ1) is 20.1. The van der Waals surface area contributed by atoms with Crippen LogP contribution in [0, 0.1) is 19.8 Å². The van der Waals surface area contributed by atoms with Crippen LogP contribution in [0.2, 0.25) is 0 Å². The number of nitrogens with zero attached hydrogens (tertiary/aromatic N) is 3. The molecule has 4 aromatic rings. The largest absolute Gasteiger partial charge is 0.468 e. The van der Waals surface area contributed by atoms with Gasteiger partial charge in [-0.2, -0.15) is 4.98 Å². The van der Waals surface area contributed by atoms with Crippen LogP contribution >= 0.6 is 0 Å². The Hall–Kier alpha value is -4.08. The lowest BCUT2D eigenvalue weighted by molar-refractivity contribution is 0.0461. The highest BCUT2D eigenvalue weighted by atomic mass is 32.2. The number of rotatable bonds is 9. The number of anilines is 1. The van der Waals surface area contributed by atoms with E-state index in [4.69, 9.17) is 4.74 Å². The van der Waals surface area contributed by atoms with Crippen molar-refractivity contribution in [3.05, 3.63) is 101 Å². The SMILES string of the molecule is Cc1cccc(C)c1-c1cc(O[C@@H]2c3ccccc3CN(C)[C@@H]2CC(C)C)nc(NS(=O)(=O)c2cccc(C=O)c2)n1. The molecule has 5 rings (SSSR count). The van der Waals surface area contributed by atoms with Crippen molar-refractivity contribution in [3.8, 4) is 17.1 Å². The van der Waals surface area contributed by atoms with Crippen molar-refractivity contribution in [1.29, 1.82) is 0 Å². The van der Waals surface area contributed by atoms with Crippen LogP contribution in [-0.4, -0.2) is 42.7 Å². The maximum absolute atomic E-state index is 13.4. The molecule has 0 aliphatic carbocycles. The predicted molar refractivity (Wildman–Crippen MR) is 164 cm³/mol. The van der Waals surface area contributed by atoms with E-state index >= 15 is 0 Å². The zero-order chi connectivity index (χ0) is 30.0. The van der Waals surface area contributed by atoms with Gasteiger partial charge >= 0.3 is 0 Å². The summed E-state index contributed by atoms with van der Waals surface area (Å²) in [5.41, 5.74) is 5.95. The van der Waals surface area contributed by atoms with Gasteiger partial charge in [0, 0.05) is 23.7 Å². The van der Waals surface area contributed by atoms with E-state index < -0.39 is 10.0 Å². The summed E-state index contributed by atoms with van der Waals surface area (Å²) in [6, 6.07) is 21.9. The van der Waals surface area contributed by atoms with Crippen LogP contribution in [0.15, 0.2) is 77.7 Å². The Morgan fingerprint density at radius 2 is 1.71 bits per heavy atom. The van der Waals surface area contributed by atoms with Gasteiger partial charge in [-0.1, -0.05) is 68.4 Å². The Kier molecular flexibility index (Phi) is 8.43. The molecule has 1 aromatic heterocycles. The Morgan fingerprint density at radius 1 is 1.00 bits per heavy atom. The highest BCUT2D eigenvalue weighted by molar-refractivity contribution is 7.92. The number of likely N-dealkylation sites (N-methyl/N-ethyl adjacent to an activating group) is 1. The van der Waals surface area contributed by atoms with Crippen LogP contribution in [0.25, 0.3) is 11.3 Å². The van der Waals surface area contributed by atoms with Gasteiger partial charge in [0.15, 0.2) is 0 Å². The monoisotopic (exact) mass is 584 g/mol. The molecule has 0 saturated carbocycles. The smallest absolute Gasteiger partial charge is 0.264 e. The Balaban J connectivity index is 1.61. The third-order valence-corrected chi connectivity index (χ3v) is 8.95. The Morgan fingerprint density at radius 3 is 2.43 bits per heavy atom. The van der Waals surface area contributed by atoms with Crippen LogP contribution < -0.4 is 9.46 Å². The number of aromatic nitrogens is 2. The van der Waals surface area contributed by atoms with Gasteiger partial charge in [-0.25, -0.2) is 18.1 Å². The number of ether oxygens (including phenoxy) is 1. The molecule has 0 radical (unpaired) electrons. The Labute approximate surface area is 247 Å². The van der Waals surface area contributed by atoms with Crippen LogP contribution in [0.5, 0.6) is 5.88 Å². The number of carbonyl (C=O) groups excluding carboxylic acids is 1. The summed E-state index contributed by atoms with van der Waals surface area (Å²) in [7, 11) is -1.99. The summed E-state index contributed by atoms with van der Waals surface area (Å²) in [5, 5.41) is 0. The summed E-state index contributed by atoms with van der Waals surface area (Å²) in [6.45, 7) is 9.19. The van der Waals surface area contributed by atoms with Crippen LogP contribution in [0.3, 0.4) is 0 Å². The minimum absolute atomic E-state index is 0.0597. The van der Waals surface area contributed by atoms with Gasteiger partial charge in [-0.15, -0.1) is 0 Å². The molecule has 8 nitrogen and oxygen atoms in total. The number of aryl methyl sites for hydroxylation is 2. The van der Waals surface area contributed by atoms with Crippen LogP contribution in [-0.2, 0) is 16.6 Å². The second-order valence-corrected chi connectivity index (χ2v) is 13.0. The maximum Gasteiger partial charge on any atom is 0.264 e. The van der Waals surface area contributed by atoms with E-state index in [2.05, 4.69) is 52.6 Å². The molecule has 218 valence electrons. The van der Waals surface area contributed by atoms with Crippen molar-refractivity contribution in [2.75, 3.05) is 11.8 Å². The van der Waals surface area contributed by atoms with Gasteiger partial charge < -0.3 is 4.74 Å². The highest BCUT2D eigenvalue weighted by Crippen LogP contribution is 2.38. The molecule has 2 heterocycles. The molecule has 1 N–H and O–H groups in total. The average molecular weight is 585 g/mol. The van der Waals surface area contributed by atoms with E-state index in [1.165, 1.54) is 23.8 Å². The minimum Gasteiger partial charge on any atom is -0.468 e. The summed E-state index contributed by atoms with van der Waals surface area (Å²) < 4.78 is 36.0. The molecule has 1 aliphatic heterocycles. The molecule has 42 heavy (non-hydrogen) atoms. The molecule has 0 bridgehead atoms. The van der Waals surface area contributed by atoms with E-state index in [0.717, 1.165) is 35.2 Å². The van der Waals surface area contributed by atoms with Crippen molar-refractivity contribution in [2.24, 2.45) is 5.92 Å². The zero-order valence-corrected chi connectivity index (χ0v) is 25.4. The first-order valence-corrected chi connectivity index (χ1v) is 15.5. The molecule has 0 fully saturated rings. The number of sulfonamides is 1. The van der Waals surface area contributed by atoms with E-state index in [0.29, 0.717) is 17.9 Å². The molecule has 9 heteroatoms. The lowest BCUT2D eigenvalue weighted by Crippen LogP contribution is -2.43. The Bertz CT molecular complexity index is 1700. The molecule has 1 aliphatic rings. The van der Waals surface area contributed by atoms with Crippen molar-refractivity contribution >= 4 is 22.3 Å². The van der Waals surface area contributed by atoms with Gasteiger partial charge in [0.2, 0.25) is 11.8 Å². The number of aldehydes is 1. The maximum atomic E-state index is 13.4. The second kappa shape index (κ2) is 12.0. The second-order valence-electron chi connectivity index (χ2n) is 11.3. The molecule has 0 spiro atoms. The zero-order valence-electron chi connectivity index (χ0n) is 24.5. The molecule has 0 amide bonds. The number of nitrogens with one attached hydrogen (secondary N) is 1. The van der Waals surface area contributed by atoms with Gasteiger partial charge in [0.1, 0.15) is 12.4 Å². The molecule has 0 unspecified atom stereocenters. The third-order valence-electron chi connectivity index (χ3n) is 7.63. The molecule has 3 aromatic carbocycles. The normalized spacial score (nSPS) is 17.1. The van der Waals surface area contributed by atoms with Crippen molar-refractivity contribution in [3.63, 3.8) is 0 Å². The predicted octanol–water partition coefficient (Wildman–Crippen LogP) is 6.35. The van der Waals surface area contributed by atoms with E-state index in [-0.39, 0.29) is 34.4 Å². The first-order valence-electron chi connectivity index (χ1n) is 14.0. The molecular weight excluding hydrogens is 548 g/mol. The summed E-state index contributed by atoms with van der Waals surface area (Å²) in [6.07, 6.45) is 1.20. The number of benzene rings is 3. The van der Waals surface area contributed by atoms with Gasteiger partial charge in [0.25, 0.3) is 10.0 Å². The van der Waals surface area contributed by atoms with Gasteiger partial charge in [0.05, 0.1) is 16.6 Å². The fraction of sp³-hybridized carbons (Fsp3) is 0.303. The highest BCUT2D eigenvalue weighted by Gasteiger charge is 2.35. The van der Waals surface area contributed by atoms with Gasteiger partial charge in [-0.05, 0) is 67.6 Å². The molecule has 2 atom stereocenters. The summed E-state index contributed by atoms with van der Waals surface area (Å²) >= 11 is 0. The lowest BCUT2D eigenvalue weighted by atomic mass is 9.87. The molecule has 0 saturated heterocycles. The summed E-state index contributed by atoms with van der Waals surface area (Å²) in [4.78, 5) is 22.7. The number of fused-ring (bicyclic) bond motifs is 1. The number of carbonyl (C=O) groups is 1. The third kappa shape index (κ3) is 6.22. The van der Waals surface area contributed by atoms with Gasteiger partial charge in [-0.3, -0.25) is 9.69 Å². The fourth-order valence-electron chi connectivity index (χ4n) is 5.65. The standard InChI is InChI=1S/C33H36N4O4S/c1-21(2)16-29-32(27-15-7-6-13-25(27)19-37(29)5)41-30-18-28(31-22(3)10-8-11-23(31)4)34-33(35-30)36-42(39,40)26-14-9-12-24(17-26)20-38/h6-15,17-18,20-21,29,32H,16,19H2,1-5H3,(H,34,35,36)/t29-,32-/m1/s1. The van der Waals surface area contributed by atoms with E-state index in [1.54, 1.807) is 12.1 Å². The van der Waals surface area contributed by atoms with Crippen molar-refractivity contribution < 1.29 is 17.9 Å². The summed E-state index contributed by atoms with van der Waals surface area (Å²) in [5.74, 6) is 0.597. The van der Waals surface area contributed by atoms with Crippen LogP contribution in [0.4, 0.5) is 5.95 Å². The van der Waals surface area contributed by atoms with Crippen molar-refractivity contribution in [1.82, 2.24) is 14.9 Å². The average Bonchev–Trinajstić information content (AvgIpc) is 2.94. The number of hydrogen-bond acceptors (Lipinski definition) is 7. The van der Waals surface area contributed by atoms with Crippen molar-refractivity contribution in [2.45, 2.75) is 57.7 Å². The van der Waals surface area contributed by atoms with E-state index in [9.17, 15) is 13.2 Å². The molecular formula is C33H36N4O4S. The fourth-order valence-corrected chi connectivity index (χ4v) is 6.65. The topological polar surface area (TPSA) is 101 Å². The minimum atomic E-state index is -4.10. The quantitative estimate of drug-likeness (QED) is 0.229. The first kappa shape index (κ1) is 29.4. The number of hydrogen-bond donors (Lipinski definition) is 1. The van der Waals surface area contributed by atoms with Crippen LogP contribution in [0.1, 0.15) is 59.0 Å². The lowest BCUT2D eigenvalue weighted by Gasteiger charge is -2.41. The van der Waals surface area contributed by atoms with E-state index in [1.807, 2.05) is 44.2 Å².